The van der Waals surface area contributed by atoms with Gasteiger partial charge in [-0.1, -0.05) is 6.92 Å². The average Bonchev–Trinajstić information content (AvgIpc) is 2.45. The third-order valence-corrected chi connectivity index (χ3v) is 3.64. The summed E-state index contributed by atoms with van der Waals surface area (Å²) in [6.07, 6.45) is 1.69. The van der Waals surface area contributed by atoms with Crippen molar-refractivity contribution in [1.29, 1.82) is 0 Å². The maximum atomic E-state index is 12.4. The van der Waals surface area contributed by atoms with Crippen molar-refractivity contribution in [1.82, 2.24) is 5.32 Å². The van der Waals surface area contributed by atoms with E-state index in [2.05, 4.69) is 5.32 Å². The fourth-order valence-electron chi connectivity index (χ4n) is 2.62. The number of carboxylic acid groups (broad SMARTS) is 1. The van der Waals surface area contributed by atoms with Crippen LogP contribution in [0.3, 0.4) is 0 Å². The summed E-state index contributed by atoms with van der Waals surface area (Å²) in [5.74, 6) is -0.937. The number of hydrogen-bond donors (Lipinski definition) is 2. The summed E-state index contributed by atoms with van der Waals surface area (Å²) in [5, 5.41) is 12.0. The van der Waals surface area contributed by atoms with Gasteiger partial charge in [0.1, 0.15) is 0 Å². The highest BCUT2D eigenvalue weighted by atomic mass is 16.4. The molecule has 0 spiro atoms. The van der Waals surface area contributed by atoms with Crippen LogP contribution < -0.4 is 10.2 Å². The summed E-state index contributed by atoms with van der Waals surface area (Å²) >= 11 is 0. The predicted molar refractivity (Wildman–Crippen MR) is 77.2 cm³/mol. The molecule has 108 valence electrons. The maximum Gasteiger partial charge on any atom is 0.335 e. The van der Waals surface area contributed by atoms with Crippen molar-refractivity contribution in [3.63, 3.8) is 0 Å². The zero-order valence-electron chi connectivity index (χ0n) is 11.8. The van der Waals surface area contributed by atoms with E-state index >= 15 is 0 Å². The molecule has 0 radical (unpaired) electrons. The number of nitrogens with zero attached hydrogens (tertiary/aromatic N) is 1. The second-order valence-electron chi connectivity index (χ2n) is 5.20. The molecule has 0 saturated carbocycles. The van der Waals surface area contributed by atoms with E-state index in [4.69, 9.17) is 5.11 Å². The lowest BCUT2D eigenvalue weighted by Crippen LogP contribution is -2.41. The van der Waals surface area contributed by atoms with Crippen molar-refractivity contribution >= 4 is 17.6 Å². The first-order chi connectivity index (χ1) is 9.54. The highest BCUT2D eigenvalue weighted by Crippen LogP contribution is 2.29. The molecule has 1 aliphatic rings. The van der Waals surface area contributed by atoms with Crippen LogP contribution in [0, 0.1) is 5.92 Å². The lowest BCUT2D eigenvalue weighted by molar-refractivity contribution is -0.121. The van der Waals surface area contributed by atoms with E-state index in [-0.39, 0.29) is 17.4 Å². The summed E-state index contributed by atoms with van der Waals surface area (Å²) in [5.41, 5.74) is 2.08. The molecule has 0 aromatic heterocycles. The van der Waals surface area contributed by atoms with Crippen LogP contribution in [0.15, 0.2) is 18.2 Å². The molecule has 0 fully saturated rings. The molecular formula is C15H20N2O3. The average molecular weight is 276 g/mol. The van der Waals surface area contributed by atoms with Gasteiger partial charge in [0.05, 0.1) is 5.56 Å². The number of hydrogen-bond acceptors (Lipinski definition) is 3. The summed E-state index contributed by atoms with van der Waals surface area (Å²) < 4.78 is 0. The van der Waals surface area contributed by atoms with Crippen molar-refractivity contribution in [2.45, 2.75) is 19.8 Å². The Morgan fingerprint density at radius 3 is 2.85 bits per heavy atom. The van der Waals surface area contributed by atoms with Gasteiger partial charge in [-0.2, -0.15) is 0 Å². The monoisotopic (exact) mass is 276 g/mol. The van der Waals surface area contributed by atoms with Crippen molar-refractivity contribution < 1.29 is 14.7 Å². The summed E-state index contributed by atoms with van der Waals surface area (Å²) in [6.45, 7) is 3.24. The Balaban J connectivity index is 2.28. The van der Waals surface area contributed by atoms with Gasteiger partial charge in [0.2, 0.25) is 5.91 Å². The molecular weight excluding hydrogens is 256 g/mol. The number of benzene rings is 1. The fraction of sp³-hybridized carbons (Fsp3) is 0.467. The number of aryl methyl sites for hydroxylation is 1. The van der Waals surface area contributed by atoms with Crippen LogP contribution in [0.4, 0.5) is 5.69 Å². The van der Waals surface area contributed by atoms with E-state index in [0.29, 0.717) is 13.1 Å². The second-order valence-corrected chi connectivity index (χ2v) is 5.20. The lowest BCUT2D eigenvalue weighted by atomic mass is 9.97. The smallest absolute Gasteiger partial charge is 0.335 e. The Morgan fingerprint density at radius 1 is 1.45 bits per heavy atom. The highest BCUT2D eigenvalue weighted by Gasteiger charge is 2.26. The Bertz CT molecular complexity index is 528. The Morgan fingerprint density at radius 2 is 2.20 bits per heavy atom. The third kappa shape index (κ3) is 2.82. The molecule has 1 aliphatic heterocycles. The second kappa shape index (κ2) is 6.05. The molecule has 2 rings (SSSR count). The molecule has 1 unspecified atom stereocenters. The van der Waals surface area contributed by atoms with Crippen LogP contribution in [0.1, 0.15) is 29.3 Å². The van der Waals surface area contributed by atoms with Crippen LogP contribution >= 0.6 is 0 Å². The molecule has 1 aromatic carbocycles. The number of carbonyl (C=O) groups excluding carboxylic acids is 1. The van der Waals surface area contributed by atoms with Gasteiger partial charge in [-0.25, -0.2) is 4.79 Å². The molecule has 1 amide bonds. The van der Waals surface area contributed by atoms with Crippen molar-refractivity contribution in [2.75, 3.05) is 25.0 Å². The minimum absolute atomic E-state index is 0.0865. The van der Waals surface area contributed by atoms with Crippen LogP contribution in [0.25, 0.3) is 0 Å². The zero-order valence-corrected chi connectivity index (χ0v) is 11.8. The van der Waals surface area contributed by atoms with Gasteiger partial charge in [-0.15, -0.1) is 0 Å². The predicted octanol–water partition coefficient (Wildman–Crippen LogP) is 1.52. The van der Waals surface area contributed by atoms with Crippen molar-refractivity contribution in [3.05, 3.63) is 29.3 Å². The molecule has 1 heterocycles. The van der Waals surface area contributed by atoms with Crippen LogP contribution in [0.5, 0.6) is 0 Å². The van der Waals surface area contributed by atoms with Crippen LogP contribution in [0.2, 0.25) is 0 Å². The number of rotatable bonds is 4. The molecule has 0 saturated heterocycles. The number of aromatic carboxylic acids is 1. The first kappa shape index (κ1) is 14.5. The summed E-state index contributed by atoms with van der Waals surface area (Å²) in [4.78, 5) is 25.2. The van der Waals surface area contributed by atoms with Crippen molar-refractivity contribution in [3.8, 4) is 0 Å². The van der Waals surface area contributed by atoms with E-state index in [0.717, 1.165) is 24.1 Å². The number of carbonyl (C=O) groups is 2. The molecule has 5 heteroatoms. The Kier molecular flexibility index (Phi) is 4.39. The summed E-state index contributed by atoms with van der Waals surface area (Å²) in [6, 6.07) is 5.00. The molecule has 1 atom stereocenters. The minimum Gasteiger partial charge on any atom is -0.478 e. The van der Waals surface area contributed by atoms with E-state index in [1.807, 2.05) is 14.0 Å². The number of fused-ring (bicyclic) bond motifs is 1. The van der Waals surface area contributed by atoms with Gasteiger partial charge in [-0.3, -0.25) is 4.79 Å². The van der Waals surface area contributed by atoms with Crippen LogP contribution in [-0.4, -0.2) is 37.1 Å². The Hall–Kier alpha value is -1.88. The number of carboxylic acids is 1. The van der Waals surface area contributed by atoms with E-state index in [9.17, 15) is 9.59 Å². The Labute approximate surface area is 118 Å². The standard InChI is InChI=1S/C15H20N2O3/c1-10(9-16-2)14(18)17-7-3-4-11-8-12(15(19)20)5-6-13(11)17/h5-6,8,10,16H,3-4,7,9H2,1-2H3,(H,19,20). The molecule has 0 aliphatic carbocycles. The van der Waals surface area contributed by atoms with E-state index in [1.54, 1.807) is 23.1 Å². The topological polar surface area (TPSA) is 69.6 Å². The van der Waals surface area contributed by atoms with Gasteiger partial charge in [0.25, 0.3) is 0 Å². The molecule has 0 bridgehead atoms. The highest BCUT2D eigenvalue weighted by molar-refractivity contribution is 5.97. The zero-order chi connectivity index (χ0) is 14.7. The molecule has 5 nitrogen and oxygen atoms in total. The number of amides is 1. The van der Waals surface area contributed by atoms with Crippen LogP contribution in [-0.2, 0) is 11.2 Å². The first-order valence-electron chi connectivity index (χ1n) is 6.86. The van der Waals surface area contributed by atoms with Crippen molar-refractivity contribution in [2.24, 2.45) is 5.92 Å². The quantitative estimate of drug-likeness (QED) is 0.875. The van der Waals surface area contributed by atoms with E-state index in [1.165, 1.54) is 0 Å². The summed E-state index contributed by atoms with van der Waals surface area (Å²) in [7, 11) is 1.83. The first-order valence-corrected chi connectivity index (χ1v) is 6.86. The normalized spacial score (nSPS) is 15.6. The maximum absolute atomic E-state index is 12.4. The van der Waals surface area contributed by atoms with Gasteiger partial charge in [0, 0.05) is 24.7 Å². The van der Waals surface area contributed by atoms with E-state index < -0.39 is 5.97 Å². The number of anilines is 1. The SMILES string of the molecule is CNCC(C)C(=O)N1CCCc2cc(C(=O)O)ccc21. The fourth-order valence-corrected chi connectivity index (χ4v) is 2.62. The largest absolute Gasteiger partial charge is 0.478 e. The minimum atomic E-state index is -0.931. The van der Waals surface area contributed by atoms with Gasteiger partial charge in [0.15, 0.2) is 0 Å². The van der Waals surface area contributed by atoms with Gasteiger partial charge < -0.3 is 15.3 Å². The molecule has 2 N–H and O–H groups in total. The number of nitrogens with one attached hydrogen (secondary N) is 1. The molecule has 20 heavy (non-hydrogen) atoms. The third-order valence-electron chi connectivity index (χ3n) is 3.64. The molecule has 1 aromatic rings. The van der Waals surface area contributed by atoms with Gasteiger partial charge >= 0.3 is 5.97 Å². The lowest BCUT2D eigenvalue weighted by Gasteiger charge is -2.31. The van der Waals surface area contributed by atoms with Gasteiger partial charge in [-0.05, 0) is 43.7 Å².